The number of hydrogen-bond acceptors (Lipinski definition) is 2. The molecule has 0 aromatic heterocycles. The Morgan fingerprint density at radius 2 is 2.18 bits per heavy atom. The molecule has 1 unspecified atom stereocenters. The molecule has 0 amide bonds. The Balaban J connectivity index is 2.13. The molecule has 3 heteroatoms. The summed E-state index contributed by atoms with van der Waals surface area (Å²) in [6, 6.07) is 4.54. The number of methoxy groups -OCH3 is 1. The average Bonchev–Trinajstić information content (AvgIpc) is 2.26. The van der Waals surface area contributed by atoms with Crippen molar-refractivity contribution in [1.29, 1.82) is 0 Å². The van der Waals surface area contributed by atoms with Crippen LogP contribution >= 0.6 is 0 Å². The smallest absolute Gasteiger partial charge is 0.123 e. The fourth-order valence-electron chi connectivity index (χ4n) is 2.50. The SMILES string of the molecule is COC1(CC(O)c2cc(F)ccc2C)CCC1. The Labute approximate surface area is 101 Å². The van der Waals surface area contributed by atoms with Gasteiger partial charge in [0.1, 0.15) is 5.82 Å². The van der Waals surface area contributed by atoms with Crippen molar-refractivity contribution in [3.8, 4) is 0 Å². The third-order valence-electron chi connectivity index (χ3n) is 3.86. The second kappa shape index (κ2) is 4.75. The molecular formula is C14H19FO2. The number of aryl methyl sites for hydroxylation is 1. The summed E-state index contributed by atoms with van der Waals surface area (Å²) in [5, 5.41) is 10.2. The molecule has 94 valence electrons. The van der Waals surface area contributed by atoms with E-state index in [0.29, 0.717) is 12.0 Å². The molecule has 1 aromatic rings. The highest BCUT2D eigenvalue weighted by molar-refractivity contribution is 5.29. The highest BCUT2D eigenvalue weighted by Crippen LogP contribution is 2.42. The van der Waals surface area contributed by atoms with E-state index in [-0.39, 0.29) is 11.4 Å². The van der Waals surface area contributed by atoms with Crippen molar-refractivity contribution in [2.75, 3.05) is 7.11 Å². The first-order valence-corrected chi connectivity index (χ1v) is 6.06. The van der Waals surface area contributed by atoms with Crippen molar-refractivity contribution in [2.45, 2.75) is 44.3 Å². The van der Waals surface area contributed by atoms with Gasteiger partial charge in [0.05, 0.1) is 11.7 Å². The number of halogens is 1. The molecule has 1 atom stereocenters. The molecule has 17 heavy (non-hydrogen) atoms. The van der Waals surface area contributed by atoms with E-state index in [2.05, 4.69) is 0 Å². The fourth-order valence-corrected chi connectivity index (χ4v) is 2.50. The van der Waals surface area contributed by atoms with E-state index in [9.17, 15) is 9.50 Å². The zero-order valence-corrected chi connectivity index (χ0v) is 10.4. The summed E-state index contributed by atoms with van der Waals surface area (Å²) in [5.41, 5.74) is 1.40. The molecule has 2 nitrogen and oxygen atoms in total. The maximum absolute atomic E-state index is 13.2. The van der Waals surface area contributed by atoms with Crippen molar-refractivity contribution in [1.82, 2.24) is 0 Å². The highest BCUT2D eigenvalue weighted by atomic mass is 19.1. The van der Waals surface area contributed by atoms with Gasteiger partial charge in [0.15, 0.2) is 0 Å². The van der Waals surface area contributed by atoms with Crippen LogP contribution in [0, 0.1) is 12.7 Å². The first-order chi connectivity index (χ1) is 8.06. The number of hydrogen-bond donors (Lipinski definition) is 1. The second-order valence-corrected chi connectivity index (χ2v) is 4.96. The van der Waals surface area contributed by atoms with Crippen LogP contribution in [0.3, 0.4) is 0 Å². The minimum atomic E-state index is -0.647. The predicted molar refractivity (Wildman–Crippen MR) is 64.3 cm³/mol. The summed E-state index contributed by atoms with van der Waals surface area (Å²) in [5.74, 6) is -0.301. The molecular weight excluding hydrogens is 219 g/mol. The Morgan fingerprint density at radius 1 is 1.47 bits per heavy atom. The van der Waals surface area contributed by atoms with Crippen LogP contribution in [0.2, 0.25) is 0 Å². The lowest BCUT2D eigenvalue weighted by Gasteiger charge is -2.42. The minimum absolute atomic E-state index is 0.196. The Kier molecular flexibility index (Phi) is 3.50. The molecule has 1 aliphatic carbocycles. The summed E-state index contributed by atoms with van der Waals surface area (Å²) < 4.78 is 18.7. The summed E-state index contributed by atoms with van der Waals surface area (Å²) in [6.45, 7) is 1.89. The molecule has 0 radical (unpaired) electrons. The van der Waals surface area contributed by atoms with Crippen LogP contribution < -0.4 is 0 Å². The van der Waals surface area contributed by atoms with Crippen LogP contribution in [-0.4, -0.2) is 17.8 Å². The molecule has 1 fully saturated rings. The van der Waals surface area contributed by atoms with Gasteiger partial charge >= 0.3 is 0 Å². The van der Waals surface area contributed by atoms with Gasteiger partial charge < -0.3 is 9.84 Å². The molecule has 0 bridgehead atoms. The normalized spacial score (nSPS) is 19.8. The van der Waals surface area contributed by atoms with Crippen molar-refractivity contribution >= 4 is 0 Å². The third-order valence-corrected chi connectivity index (χ3v) is 3.86. The van der Waals surface area contributed by atoms with Gasteiger partial charge in [-0.05, 0) is 49.4 Å². The zero-order valence-electron chi connectivity index (χ0n) is 10.4. The van der Waals surface area contributed by atoms with E-state index < -0.39 is 6.10 Å². The third kappa shape index (κ3) is 2.50. The maximum atomic E-state index is 13.2. The van der Waals surface area contributed by atoms with E-state index in [1.54, 1.807) is 13.2 Å². The van der Waals surface area contributed by atoms with Crippen molar-refractivity contribution in [3.63, 3.8) is 0 Å². The van der Waals surface area contributed by atoms with Crippen LogP contribution in [-0.2, 0) is 4.74 Å². The number of aliphatic hydroxyl groups is 1. The number of rotatable bonds is 4. The van der Waals surface area contributed by atoms with Gasteiger partial charge in [-0.25, -0.2) is 4.39 Å². The van der Waals surface area contributed by atoms with Gasteiger partial charge in [-0.15, -0.1) is 0 Å². The first-order valence-electron chi connectivity index (χ1n) is 6.06. The van der Waals surface area contributed by atoms with E-state index >= 15 is 0 Å². The van der Waals surface area contributed by atoms with E-state index in [0.717, 1.165) is 24.8 Å². The van der Waals surface area contributed by atoms with Crippen LogP contribution in [0.15, 0.2) is 18.2 Å². The average molecular weight is 238 g/mol. The molecule has 1 aromatic carbocycles. The van der Waals surface area contributed by atoms with Crippen LogP contribution in [0.25, 0.3) is 0 Å². The minimum Gasteiger partial charge on any atom is -0.388 e. The van der Waals surface area contributed by atoms with Gasteiger partial charge in [0, 0.05) is 13.5 Å². The van der Waals surface area contributed by atoms with Crippen molar-refractivity contribution in [3.05, 3.63) is 35.1 Å². The Morgan fingerprint density at radius 3 is 2.71 bits per heavy atom. The molecule has 0 heterocycles. The summed E-state index contributed by atoms with van der Waals surface area (Å²) in [6.07, 6.45) is 3.01. The summed E-state index contributed by atoms with van der Waals surface area (Å²) in [7, 11) is 1.68. The van der Waals surface area contributed by atoms with Gasteiger partial charge in [-0.2, -0.15) is 0 Å². The van der Waals surface area contributed by atoms with E-state index in [4.69, 9.17) is 4.74 Å². The maximum Gasteiger partial charge on any atom is 0.123 e. The number of ether oxygens (including phenoxy) is 1. The van der Waals surface area contributed by atoms with E-state index in [1.165, 1.54) is 12.1 Å². The van der Waals surface area contributed by atoms with Crippen molar-refractivity contribution in [2.24, 2.45) is 0 Å². The van der Waals surface area contributed by atoms with Crippen LogP contribution in [0.1, 0.15) is 42.9 Å². The monoisotopic (exact) mass is 238 g/mol. The lowest BCUT2D eigenvalue weighted by molar-refractivity contribution is -0.1000. The summed E-state index contributed by atoms with van der Waals surface area (Å²) >= 11 is 0. The first kappa shape index (κ1) is 12.5. The van der Waals surface area contributed by atoms with Gasteiger partial charge in [0.2, 0.25) is 0 Å². The van der Waals surface area contributed by atoms with Crippen LogP contribution in [0.5, 0.6) is 0 Å². The fraction of sp³-hybridized carbons (Fsp3) is 0.571. The number of benzene rings is 1. The Hall–Kier alpha value is -0.930. The van der Waals surface area contributed by atoms with Gasteiger partial charge in [-0.1, -0.05) is 6.07 Å². The molecule has 1 saturated carbocycles. The Bertz CT molecular complexity index is 394. The lowest BCUT2D eigenvalue weighted by atomic mass is 9.75. The number of aliphatic hydroxyl groups excluding tert-OH is 1. The van der Waals surface area contributed by atoms with Gasteiger partial charge in [0.25, 0.3) is 0 Å². The van der Waals surface area contributed by atoms with Gasteiger partial charge in [-0.3, -0.25) is 0 Å². The molecule has 0 aliphatic heterocycles. The molecule has 2 rings (SSSR count). The molecule has 1 N–H and O–H groups in total. The summed E-state index contributed by atoms with van der Waals surface area (Å²) in [4.78, 5) is 0. The quantitative estimate of drug-likeness (QED) is 0.873. The lowest BCUT2D eigenvalue weighted by Crippen LogP contribution is -2.40. The zero-order chi connectivity index (χ0) is 12.5. The standard InChI is InChI=1S/C14H19FO2/c1-10-4-5-11(15)8-12(10)13(16)9-14(17-2)6-3-7-14/h4-5,8,13,16H,3,6-7,9H2,1-2H3. The molecule has 1 aliphatic rings. The topological polar surface area (TPSA) is 29.5 Å². The predicted octanol–water partition coefficient (Wildman–Crippen LogP) is 3.13. The highest BCUT2D eigenvalue weighted by Gasteiger charge is 2.39. The van der Waals surface area contributed by atoms with Crippen LogP contribution in [0.4, 0.5) is 4.39 Å². The molecule has 0 spiro atoms. The molecule has 0 saturated heterocycles. The van der Waals surface area contributed by atoms with E-state index in [1.807, 2.05) is 6.92 Å². The van der Waals surface area contributed by atoms with Crippen molar-refractivity contribution < 1.29 is 14.2 Å². The largest absolute Gasteiger partial charge is 0.388 e. The second-order valence-electron chi connectivity index (χ2n) is 4.96.